The Morgan fingerprint density at radius 3 is 2.55 bits per heavy atom. The van der Waals surface area contributed by atoms with Crippen LogP contribution in [0.4, 0.5) is 0 Å². The van der Waals surface area contributed by atoms with Crippen molar-refractivity contribution in [3.05, 3.63) is 96.8 Å². The van der Waals surface area contributed by atoms with Crippen molar-refractivity contribution in [2.75, 3.05) is 0 Å². The summed E-state index contributed by atoms with van der Waals surface area (Å²) in [5.74, 6) is 1.49. The number of rotatable bonds is 3. The topological polar surface area (TPSA) is 63.3 Å². The highest BCUT2D eigenvalue weighted by atomic mass is 35.5. The fourth-order valence-electron chi connectivity index (χ4n) is 3.61. The first kappa shape index (κ1) is 20.7. The molecule has 0 aliphatic carbocycles. The van der Waals surface area contributed by atoms with Crippen LogP contribution in [0.3, 0.4) is 0 Å². The molecule has 5 nitrogen and oxygen atoms in total. The Morgan fingerprint density at radius 2 is 1.77 bits per heavy atom. The van der Waals surface area contributed by atoms with Gasteiger partial charge in [0.2, 0.25) is 0 Å². The molecule has 156 valence electrons. The number of benzene rings is 2. The molecule has 1 aliphatic heterocycles. The summed E-state index contributed by atoms with van der Waals surface area (Å²) < 4.78 is 1.98. The summed E-state index contributed by atoms with van der Waals surface area (Å²) in [5, 5.41) is 21.9. The maximum Gasteiger partial charge on any atom is 0.160 e. The molecule has 5 rings (SSSR count). The second-order valence-corrected chi connectivity index (χ2v) is 9.37. The number of aromatic nitrogens is 3. The molecule has 9 heteroatoms. The molecule has 1 N–H and O–H groups in total. The lowest BCUT2D eigenvalue weighted by atomic mass is 10.0. The second kappa shape index (κ2) is 8.04. The molecular formula is C22H15Cl3N4OS. The van der Waals surface area contributed by atoms with E-state index in [0.717, 1.165) is 38.4 Å². The van der Waals surface area contributed by atoms with Crippen LogP contribution in [0.1, 0.15) is 39.3 Å². The number of halogens is 3. The van der Waals surface area contributed by atoms with Gasteiger partial charge in [0.1, 0.15) is 23.5 Å². The van der Waals surface area contributed by atoms with E-state index < -0.39 is 6.10 Å². The Labute approximate surface area is 197 Å². The molecule has 0 saturated carbocycles. The van der Waals surface area contributed by atoms with Crippen LogP contribution in [-0.2, 0) is 6.54 Å². The van der Waals surface area contributed by atoms with Crippen LogP contribution in [0.25, 0.3) is 5.00 Å². The van der Waals surface area contributed by atoms with Crippen molar-refractivity contribution in [1.29, 1.82) is 0 Å². The first-order chi connectivity index (χ1) is 14.9. The smallest absolute Gasteiger partial charge is 0.160 e. The summed E-state index contributed by atoms with van der Waals surface area (Å²) >= 11 is 20.2. The van der Waals surface area contributed by atoms with Crippen LogP contribution in [0, 0.1) is 6.92 Å². The molecule has 0 spiro atoms. The van der Waals surface area contributed by atoms with E-state index in [0.29, 0.717) is 27.2 Å². The van der Waals surface area contributed by atoms with E-state index in [1.54, 1.807) is 18.2 Å². The van der Waals surface area contributed by atoms with Gasteiger partial charge in [-0.1, -0.05) is 59.1 Å². The van der Waals surface area contributed by atoms with Crippen molar-refractivity contribution >= 4 is 51.9 Å². The molecule has 1 unspecified atom stereocenters. The third-order valence-corrected chi connectivity index (χ3v) is 7.36. The van der Waals surface area contributed by atoms with Crippen molar-refractivity contribution in [1.82, 2.24) is 14.8 Å². The summed E-state index contributed by atoms with van der Waals surface area (Å²) in [6, 6.07) is 14.7. The Morgan fingerprint density at radius 1 is 0.968 bits per heavy atom. The monoisotopic (exact) mass is 488 g/mol. The minimum atomic E-state index is -0.876. The number of aliphatic hydroxyl groups excluding tert-OH is 1. The summed E-state index contributed by atoms with van der Waals surface area (Å²) in [6.45, 7) is 2.28. The van der Waals surface area contributed by atoms with Gasteiger partial charge in [-0.05, 0) is 36.8 Å². The molecule has 2 aromatic heterocycles. The number of hydrogen-bond donors (Lipinski definition) is 1. The quantitative estimate of drug-likeness (QED) is 0.382. The van der Waals surface area contributed by atoms with E-state index in [9.17, 15) is 5.11 Å². The van der Waals surface area contributed by atoms with Gasteiger partial charge >= 0.3 is 0 Å². The summed E-state index contributed by atoms with van der Waals surface area (Å²) in [7, 11) is 0. The molecule has 0 radical (unpaired) electrons. The molecule has 0 fully saturated rings. The number of aliphatic imine (C=N–C) groups is 1. The largest absolute Gasteiger partial charge is 0.383 e. The van der Waals surface area contributed by atoms with E-state index in [2.05, 4.69) is 10.2 Å². The van der Waals surface area contributed by atoms with Gasteiger partial charge in [0, 0.05) is 21.0 Å². The highest BCUT2D eigenvalue weighted by Gasteiger charge is 2.27. The number of nitrogens with zero attached hydrogens (tertiary/aromatic N) is 4. The Kier molecular flexibility index (Phi) is 5.36. The fourth-order valence-corrected chi connectivity index (χ4v) is 5.38. The van der Waals surface area contributed by atoms with Gasteiger partial charge in [-0.2, -0.15) is 0 Å². The number of fused-ring (bicyclic) bond motifs is 3. The van der Waals surface area contributed by atoms with Crippen molar-refractivity contribution in [3.63, 3.8) is 0 Å². The first-order valence-corrected chi connectivity index (χ1v) is 11.4. The lowest BCUT2D eigenvalue weighted by molar-refractivity contribution is 0.224. The molecule has 0 bridgehead atoms. The summed E-state index contributed by atoms with van der Waals surface area (Å²) in [6.07, 6.45) is -0.876. The number of aryl methyl sites for hydroxylation is 1. The predicted molar refractivity (Wildman–Crippen MR) is 125 cm³/mol. The van der Waals surface area contributed by atoms with Crippen LogP contribution >= 0.6 is 46.1 Å². The maximum absolute atomic E-state index is 11.1. The van der Waals surface area contributed by atoms with Gasteiger partial charge in [-0.25, -0.2) is 0 Å². The predicted octanol–water partition coefficient (Wildman–Crippen LogP) is 6.03. The van der Waals surface area contributed by atoms with E-state index >= 15 is 0 Å². The lowest BCUT2D eigenvalue weighted by Gasteiger charge is -2.10. The van der Waals surface area contributed by atoms with Gasteiger partial charge in [-0.15, -0.1) is 21.5 Å². The Balaban J connectivity index is 1.69. The third kappa shape index (κ3) is 3.58. The van der Waals surface area contributed by atoms with Crippen molar-refractivity contribution in [2.24, 2.45) is 4.99 Å². The highest BCUT2D eigenvalue weighted by Crippen LogP contribution is 2.39. The van der Waals surface area contributed by atoms with Crippen LogP contribution in [-0.4, -0.2) is 25.6 Å². The zero-order valence-electron chi connectivity index (χ0n) is 16.2. The molecule has 2 aromatic carbocycles. The zero-order chi connectivity index (χ0) is 21.7. The maximum atomic E-state index is 11.1. The normalized spacial score (nSPS) is 13.9. The Bertz CT molecular complexity index is 1340. The van der Waals surface area contributed by atoms with Gasteiger partial charge in [0.25, 0.3) is 0 Å². The number of thiophene rings is 1. The van der Waals surface area contributed by atoms with Gasteiger partial charge < -0.3 is 5.11 Å². The van der Waals surface area contributed by atoms with E-state index in [-0.39, 0.29) is 0 Å². The van der Waals surface area contributed by atoms with Gasteiger partial charge in [-0.3, -0.25) is 9.56 Å². The Hall–Kier alpha value is -2.22. The minimum Gasteiger partial charge on any atom is -0.383 e. The highest BCUT2D eigenvalue weighted by molar-refractivity contribution is 7.15. The molecule has 3 heterocycles. The molecule has 31 heavy (non-hydrogen) atoms. The molecular weight excluding hydrogens is 475 g/mol. The van der Waals surface area contributed by atoms with Crippen LogP contribution in [0.2, 0.25) is 15.1 Å². The van der Waals surface area contributed by atoms with E-state index in [1.807, 2.05) is 41.8 Å². The zero-order valence-corrected chi connectivity index (χ0v) is 19.3. The van der Waals surface area contributed by atoms with Crippen LogP contribution < -0.4 is 0 Å². The van der Waals surface area contributed by atoms with E-state index in [1.165, 1.54) is 11.3 Å². The molecule has 4 aromatic rings. The number of aliphatic hydroxyl groups is 1. The first-order valence-electron chi connectivity index (χ1n) is 9.41. The molecule has 1 atom stereocenters. The molecule has 1 aliphatic rings. The van der Waals surface area contributed by atoms with Crippen molar-refractivity contribution < 1.29 is 5.11 Å². The van der Waals surface area contributed by atoms with Crippen molar-refractivity contribution in [2.45, 2.75) is 19.6 Å². The van der Waals surface area contributed by atoms with Crippen LogP contribution in [0.15, 0.2) is 53.5 Å². The van der Waals surface area contributed by atoms with E-state index in [4.69, 9.17) is 39.8 Å². The summed E-state index contributed by atoms with van der Waals surface area (Å²) in [4.78, 5) is 5.56. The average molecular weight is 490 g/mol. The summed E-state index contributed by atoms with van der Waals surface area (Å²) in [5.41, 5.74) is 3.11. The molecule has 0 saturated heterocycles. The lowest BCUT2D eigenvalue weighted by Crippen LogP contribution is -2.06. The fraction of sp³-hybridized carbons (Fsp3) is 0.136. The average Bonchev–Trinajstić information content (AvgIpc) is 3.31. The third-order valence-electron chi connectivity index (χ3n) is 5.12. The second-order valence-electron chi connectivity index (χ2n) is 7.09. The minimum absolute atomic E-state index is 0.382. The van der Waals surface area contributed by atoms with Crippen molar-refractivity contribution in [3.8, 4) is 5.00 Å². The number of hydrogen-bond acceptors (Lipinski definition) is 5. The molecule has 0 amide bonds. The SMILES string of the molecule is Cc1nnc2n1-c1sc(C(O)c3ccc(Cl)c(Cl)c3)cc1C(c1ccccc1Cl)=NC2. The van der Waals surface area contributed by atoms with Crippen LogP contribution in [0.5, 0.6) is 0 Å². The van der Waals surface area contributed by atoms with Gasteiger partial charge in [0.05, 0.1) is 15.8 Å². The van der Waals surface area contributed by atoms with Gasteiger partial charge in [0.15, 0.2) is 5.82 Å². The standard InChI is InChI=1S/C22H15Cl3N4OS/c1-11-27-28-19-10-26-20(13-4-2-3-5-15(13)23)14-9-18(31-22(14)29(11)19)21(30)12-6-7-16(24)17(25)8-12/h2-9,21,30H,10H2,1H3.